The van der Waals surface area contributed by atoms with Crippen LogP contribution in [0.3, 0.4) is 0 Å². The largest absolute Gasteiger partial charge is 0.478 e. The minimum Gasteiger partial charge on any atom is -0.478 e. The Morgan fingerprint density at radius 1 is 1.06 bits per heavy atom. The van der Waals surface area contributed by atoms with Crippen molar-refractivity contribution in [2.45, 2.75) is 0 Å². The minimum atomic E-state index is -0.927. The third-order valence-corrected chi connectivity index (χ3v) is 3.59. The van der Waals surface area contributed by atoms with E-state index in [1.165, 1.54) is 0 Å². The lowest BCUT2D eigenvalue weighted by molar-refractivity contribution is 0.0698. The first kappa shape index (κ1) is 11.9. The van der Waals surface area contributed by atoms with Crippen LogP contribution < -0.4 is 5.30 Å². The van der Waals surface area contributed by atoms with Gasteiger partial charge < -0.3 is 5.11 Å². The molecule has 0 saturated heterocycles. The van der Waals surface area contributed by atoms with Crippen molar-refractivity contribution in [2.24, 2.45) is 0 Å². The van der Waals surface area contributed by atoms with Gasteiger partial charge in [-0.3, -0.25) is 0 Å². The lowest BCUT2D eigenvalue weighted by Crippen LogP contribution is -2.07. The summed E-state index contributed by atoms with van der Waals surface area (Å²) in [5.41, 5.74) is 1.90. The number of rotatable bonds is 3. The number of benzene rings is 2. The quantitative estimate of drug-likeness (QED) is 0.862. The standard InChI is InChI=1S/C13H9O2PS/c14-13(15)10-7-4-8-11(16-17)12(10)9-5-2-1-3-6-9/h1-8H,(H,14,15). The summed E-state index contributed by atoms with van der Waals surface area (Å²) in [4.78, 5) is 11.2. The average molecular weight is 260 g/mol. The first-order chi connectivity index (χ1) is 8.24. The van der Waals surface area contributed by atoms with E-state index in [9.17, 15) is 9.90 Å². The Labute approximate surface area is 106 Å². The van der Waals surface area contributed by atoms with Gasteiger partial charge in [0.25, 0.3) is 0 Å². The maximum absolute atomic E-state index is 11.2. The summed E-state index contributed by atoms with van der Waals surface area (Å²) in [7, 11) is 0.653. The van der Waals surface area contributed by atoms with E-state index in [4.69, 9.17) is 11.8 Å². The van der Waals surface area contributed by atoms with Crippen LogP contribution in [0.25, 0.3) is 11.1 Å². The van der Waals surface area contributed by atoms with Gasteiger partial charge in [0.2, 0.25) is 0 Å². The van der Waals surface area contributed by atoms with E-state index >= 15 is 0 Å². The van der Waals surface area contributed by atoms with Crippen LogP contribution in [-0.4, -0.2) is 11.1 Å². The topological polar surface area (TPSA) is 37.3 Å². The molecule has 0 aromatic heterocycles. The molecule has 0 spiro atoms. The van der Waals surface area contributed by atoms with Gasteiger partial charge in [0, 0.05) is 18.2 Å². The third kappa shape index (κ3) is 2.41. The second-order valence-electron chi connectivity index (χ2n) is 3.46. The molecule has 84 valence electrons. The van der Waals surface area contributed by atoms with Gasteiger partial charge in [-0.1, -0.05) is 48.2 Å². The Kier molecular flexibility index (Phi) is 3.62. The van der Waals surface area contributed by atoms with Crippen LogP contribution in [0, 0.1) is 0 Å². The molecule has 2 aromatic rings. The molecule has 0 atom stereocenters. The summed E-state index contributed by atoms with van der Waals surface area (Å²) < 4.78 is 0. The van der Waals surface area contributed by atoms with Crippen molar-refractivity contribution in [2.75, 3.05) is 0 Å². The first-order valence-corrected chi connectivity index (χ1v) is 6.90. The highest BCUT2D eigenvalue weighted by Gasteiger charge is 2.14. The maximum atomic E-state index is 11.2. The van der Waals surface area contributed by atoms with E-state index in [2.05, 4.69) is 0 Å². The molecule has 0 amide bonds. The van der Waals surface area contributed by atoms with Crippen molar-refractivity contribution in [1.29, 1.82) is 0 Å². The van der Waals surface area contributed by atoms with Gasteiger partial charge in [0.05, 0.1) is 5.56 Å². The van der Waals surface area contributed by atoms with Crippen LogP contribution >= 0.6 is 7.36 Å². The molecule has 0 aliphatic rings. The Balaban J connectivity index is 2.73. The number of aromatic carboxylic acids is 1. The van der Waals surface area contributed by atoms with Crippen molar-refractivity contribution in [3.05, 3.63) is 54.1 Å². The van der Waals surface area contributed by atoms with Gasteiger partial charge in [-0.2, -0.15) is 0 Å². The molecule has 2 aromatic carbocycles. The molecule has 0 aliphatic heterocycles. The third-order valence-electron chi connectivity index (χ3n) is 2.43. The Morgan fingerprint density at radius 2 is 1.76 bits per heavy atom. The van der Waals surface area contributed by atoms with Crippen molar-refractivity contribution in [3.8, 4) is 11.1 Å². The lowest BCUT2D eigenvalue weighted by Gasteiger charge is -2.09. The molecule has 0 radical (unpaired) electrons. The molecule has 4 heteroatoms. The molecule has 0 unspecified atom stereocenters. The van der Waals surface area contributed by atoms with E-state index in [-0.39, 0.29) is 0 Å². The molecule has 0 fully saturated rings. The van der Waals surface area contributed by atoms with Gasteiger partial charge in [0.15, 0.2) is 0 Å². The summed E-state index contributed by atoms with van der Waals surface area (Å²) >= 11 is 5.03. The van der Waals surface area contributed by atoms with Crippen LogP contribution in [0.1, 0.15) is 10.4 Å². The van der Waals surface area contributed by atoms with Gasteiger partial charge in [-0.15, -0.1) is 0 Å². The normalized spacial score (nSPS) is 10.4. The zero-order valence-electron chi connectivity index (χ0n) is 8.83. The van der Waals surface area contributed by atoms with Crippen LogP contribution in [0.2, 0.25) is 0 Å². The molecular weight excluding hydrogens is 251 g/mol. The molecule has 0 saturated carbocycles. The predicted molar refractivity (Wildman–Crippen MR) is 72.8 cm³/mol. The fourth-order valence-electron chi connectivity index (χ4n) is 1.70. The SMILES string of the molecule is O=C(O)c1cccc(P=S)c1-c1ccccc1. The van der Waals surface area contributed by atoms with Crippen molar-refractivity contribution in [3.63, 3.8) is 0 Å². The number of hydrogen-bond donors (Lipinski definition) is 1. The second-order valence-corrected chi connectivity index (χ2v) is 4.67. The molecule has 0 heterocycles. The Bertz CT molecular complexity index is 567. The van der Waals surface area contributed by atoms with Gasteiger partial charge in [-0.05, 0) is 17.7 Å². The first-order valence-electron chi connectivity index (χ1n) is 4.99. The van der Waals surface area contributed by atoms with Crippen LogP contribution in [-0.2, 0) is 11.8 Å². The summed E-state index contributed by atoms with van der Waals surface area (Å²) in [6.45, 7) is 0. The zero-order valence-corrected chi connectivity index (χ0v) is 10.5. The van der Waals surface area contributed by atoms with Crippen molar-refractivity contribution < 1.29 is 9.90 Å². The highest BCUT2D eigenvalue weighted by atomic mass is 32.4. The molecule has 2 nitrogen and oxygen atoms in total. The van der Waals surface area contributed by atoms with Crippen molar-refractivity contribution >= 4 is 30.4 Å². The van der Waals surface area contributed by atoms with Gasteiger partial charge in [-0.25, -0.2) is 4.79 Å². The summed E-state index contributed by atoms with van der Waals surface area (Å²) in [6, 6.07) is 14.7. The highest BCUT2D eigenvalue weighted by Crippen LogP contribution is 2.24. The number of carboxylic acids is 1. The molecule has 17 heavy (non-hydrogen) atoms. The van der Waals surface area contributed by atoms with E-state index in [1.807, 2.05) is 36.4 Å². The molecular formula is C13H9O2PS. The molecule has 1 N–H and O–H groups in total. The minimum absolute atomic E-state index is 0.297. The molecule has 0 aliphatic carbocycles. The fraction of sp³-hybridized carbons (Fsp3) is 0. The molecule has 2 rings (SSSR count). The van der Waals surface area contributed by atoms with Gasteiger partial charge >= 0.3 is 5.97 Å². The van der Waals surface area contributed by atoms with Crippen molar-refractivity contribution in [1.82, 2.24) is 0 Å². The maximum Gasteiger partial charge on any atom is 0.336 e. The fourth-order valence-corrected chi connectivity index (χ4v) is 2.65. The number of carboxylic acid groups (broad SMARTS) is 1. The second kappa shape index (κ2) is 5.17. The molecule has 0 bridgehead atoms. The van der Waals surface area contributed by atoms with E-state index < -0.39 is 5.97 Å². The number of hydrogen-bond acceptors (Lipinski definition) is 2. The highest BCUT2D eigenvalue weighted by molar-refractivity contribution is 7.99. The van der Waals surface area contributed by atoms with Gasteiger partial charge in [0.1, 0.15) is 0 Å². The monoisotopic (exact) mass is 260 g/mol. The van der Waals surface area contributed by atoms with Crippen LogP contribution in [0.4, 0.5) is 0 Å². The summed E-state index contributed by atoms with van der Waals surface area (Å²) in [6.07, 6.45) is 0. The summed E-state index contributed by atoms with van der Waals surface area (Å²) in [5.74, 6) is -0.927. The van der Waals surface area contributed by atoms with Crippen LogP contribution in [0.5, 0.6) is 0 Å². The van der Waals surface area contributed by atoms with E-state index in [0.29, 0.717) is 12.9 Å². The Morgan fingerprint density at radius 3 is 2.35 bits per heavy atom. The smallest absolute Gasteiger partial charge is 0.336 e. The van der Waals surface area contributed by atoms with Crippen LogP contribution in [0.15, 0.2) is 48.5 Å². The predicted octanol–water partition coefficient (Wildman–Crippen LogP) is 3.09. The lowest BCUT2D eigenvalue weighted by atomic mass is 10.00. The summed E-state index contributed by atoms with van der Waals surface area (Å²) in [5, 5.41) is 10.1. The van der Waals surface area contributed by atoms with E-state index in [1.54, 1.807) is 12.1 Å². The Hall–Kier alpha value is -1.57. The van der Waals surface area contributed by atoms with E-state index in [0.717, 1.165) is 16.4 Å². The number of carbonyl (C=O) groups is 1. The average Bonchev–Trinajstić information content (AvgIpc) is 2.38. The zero-order chi connectivity index (χ0) is 12.3.